The number of carbonyl (C=O) groups excluding carboxylic acids is 2. The number of esters is 2. The summed E-state index contributed by atoms with van der Waals surface area (Å²) < 4.78 is 10.0. The fraction of sp³-hybridized carbons (Fsp3) is 0.368. The molecule has 4 rings (SSSR count). The highest BCUT2D eigenvalue weighted by atomic mass is 16.5. The minimum atomic E-state index is -0.539. The molecule has 1 aliphatic heterocycles. The van der Waals surface area contributed by atoms with Crippen LogP contribution in [0.4, 0.5) is 0 Å². The molecule has 0 amide bonds. The van der Waals surface area contributed by atoms with E-state index in [4.69, 9.17) is 9.47 Å². The van der Waals surface area contributed by atoms with Crippen LogP contribution >= 0.6 is 0 Å². The number of ether oxygens (including phenoxy) is 2. The third kappa shape index (κ3) is 2.17. The first-order chi connectivity index (χ1) is 12.1. The molecule has 2 aromatic rings. The molecule has 1 aliphatic carbocycles. The number of hydrogen-bond donors (Lipinski definition) is 1. The van der Waals surface area contributed by atoms with Gasteiger partial charge in [-0.05, 0) is 12.5 Å². The van der Waals surface area contributed by atoms with Crippen LogP contribution in [-0.4, -0.2) is 43.1 Å². The number of benzene rings is 1. The first-order valence-electron chi connectivity index (χ1n) is 8.27. The van der Waals surface area contributed by atoms with Crippen LogP contribution in [0, 0.1) is 5.92 Å². The van der Waals surface area contributed by atoms with Crippen LogP contribution in [0.2, 0.25) is 0 Å². The molecule has 1 aromatic heterocycles. The van der Waals surface area contributed by atoms with Gasteiger partial charge in [0.1, 0.15) is 5.92 Å². The number of methoxy groups -OCH3 is 2. The monoisotopic (exact) mass is 340 g/mol. The van der Waals surface area contributed by atoms with Crippen LogP contribution in [-0.2, 0) is 19.1 Å². The van der Waals surface area contributed by atoms with Gasteiger partial charge in [0, 0.05) is 41.3 Å². The molecule has 3 atom stereocenters. The summed E-state index contributed by atoms with van der Waals surface area (Å²) >= 11 is 0. The van der Waals surface area contributed by atoms with Gasteiger partial charge < -0.3 is 19.4 Å². The fourth-order valence-electron chi connectivity index (χ4n) is 4.30. The SMILES string of the molecule is COC(=O)C1=CN(C)[C@H]2C[C@@H]1[C@H](C(=O)OC)c1[nH]c3ccccc3c12. The minimum absolute atomic E-state index is 0.102. The Morgan fingerprint density at radius 3 is 2.68 bits per heavy atom. The van der Waals surface area contributed by atoms with E-state index in [9.17, 15) is 9.59 Å². The van der Waals surface area contributed by atoms with Crippen molar-refractivity contribution in [1.82, 2.24) is 9.88 Å². The molecule has 1 N–H and O–H groups in total. The first-order valence-corrected chi connectivity index (χ1v) is 8.27. The molecule has 6 heteroatoms. The first kappa shape index (κ1) is 15.7. The zero-order valence-electron chi connectivity index (χ0n) is 14.4. The number of nitrogens with one attached hydrogen (secondary N) is 1. The maximum absolute atomic E-state index is 12.6. The fourth-order valence-corrected chi connectivity index (χ4v) is 4.30. The molecule has 0 radical (unpaired) electrons. The highest BCUT2D eigenvalue weighted by Crippen LogP contribution is 2.52. The summed E-state index contributed by atoms with van der Waals surface area (Å²) in [7, 11) is 4.70. The Balaban J connectivity index is 1.96. The van der Waals surface area contributed by atoms with E-state index in [-0.39, 0.29) is 17.9 Å². The summed E-state index contributed by atoms with van der Waals surface area (Å²) in [5.41, 5.74) is 3.46. The number of aromatic amines is 1. The Hall–Kier alpha value is -2.76. The third-order valence-electron chi connectivity index (χ3n) is 5.41. The van der Waals surface area contributed by atoms with Crippen molar-refractivity contribution in [3.63, 3.8) is 0 Å². The Bertz CT molecular complexity index is 898. The molecule has 0 unspecified atom stereocenters. The van der Waals surface area contributed by atoms with Gasteiger partial charge in [-0.2, -0.15) is 0 Å². The smallest absolute Gasteiger partial charge is 0.335 e. The van der Waals surface area contributed by atoms with Gasteiger partial charge in [0.25, 0.3) is 0 Å². The topological polar surface area (TPSA) is 71.6 Å². The summed E-state index contributed by atoms with van der Waals surface area (Å²) in [4.78, 5) is 30.3. The van der Waals surface area contributed by atoms with Gasteiger partial charge in [-0.25, -0.2) is 4.79 Å². The summed E-state index contributed by atoms with van der Waals surface area (Å²) in [6.07, 6.45) is 2.48. The van der Waals surface area contributed by atoms with E-state index in [2.05, 4.69) is 11.1 Å². The van der Waals surface area contributed by atoms with Crippen molar-refractivity contribution >= 4 is 22.8 Å². The molecular weight excluding hydrogens is 320 g/mol. The Morgan fingerprint density at radius 2 is 1.96 bits per heavy atom. The number of hydrogen-bond acceptors (Lipinski definition) is 5. The minimum Gasteiger partial charge on any atom is -0.468 e. The molecule has 0 fully saturated rings. The van der Waals surface area contributed by atoms with Crippen molar-refractivity contribution < 1.29 is 19.1 Å². The average Bonchev–Trinajstić information content (AvgIpc) is 3.02. The van der Waals surface area contributed by atoms with Gasteiger partial charge in [-0.1, -0.05) is 18.2 Å². The van der Waals surface area contributed by atoms with Gasteiger partial charge in [0.15, 0.2) is 0 Å². The lowest BCUT2D eigenvalue weighted by Gasteiger charge is -2.43. The van der Waals surface area contributed by atoms with Crippen LogP contribution in [0.25, 0.3) is 10.9 Å². The van der Waals surface area contributed by atoms with Gasteiger partial charge in [0.2, 0.25) is 0 Å². The van der Waals surface area contributed by atoms with Gasteiger partial charge >= 0.3 is 11.9 Å². The number of nitrogens with zero attached hydrogens (tertiary/aromatic N) is 1. The van der Waals surface area contributed by atoms with Crippen molar-refractivity contribution in [3.05, 3.63) is 47.3 Å². The Morgan fingerprint density at radius 1 is 1.20 bits per heavy atom. The second-order valence-corrected chi connectivity index (χ2v) is 6.60. The number of para-hydroxylation sites is 1. The lowest BCUT2D eigenvalue weighted by Crippen LogP contribution is -2.41. The molecule has 2 aliphatic rings. The normalized spacial score (nSPS) is 24.5. The number of carbonyl (C=O) groups is 2. The van der Waals surface area contributed by atoms with Crippen molar-refractivity contribution in [2.45, 2.75) is 18.4 Å². The zero-order chi connectivity index (χ0) is 17.7. The molecule has 0 saturated heterocycles. The van der Waals surface area contributed by atoms with Crippen LogP contribution in [0.3, 0.4) is 0 Å². The lowest BCUT2D eigenvalue weighted by molar-refractivity contribution is -0.145. The number of H-pyrrole nitrogens is 1. The van der Waals surface area contributed by atoms with Gasteiger partial charge in [-0.3, -0.25) is 4.79 Å². The predicted molar refractivity (Wildman–Crippen MR) is 91.8 cm³/mol. The van der Waals surface area contributed by atoms with Crippen molar-refractivity contribution in [2.24, 2.45) is 5.92 Å². The van der Waals surface area contributed by atoms with Gasteiger partial charge in [0.05, 0.1) is 25.8 Å². The van der Waals surface area contributed by atoms with Crippen LogP contribution in [0.15, 0.2) is 36.0 Å². The van der Waals surface area contributed by atoms with Gasteiger partial charge in [-0.15, -0.1) is 0 Å². The zero-order valence-corrected chi connectivity index (χ0v) is 14.4. The number of fused-ring (bicyclic) bond motifs is 6. The van der Waals surface area contributed by atoms with Crippen molar-refractivity contribution in [2.75, 3.05) is 21.3 Å². The standard InChI is InChI=1S/C19H20N2O4/c1-21-9-12(18(22)24-2)11-8-14(21)15-10-6-4-5-7-13(10)20-17(15)16(11)19(23)25-3/h4-7,9,11,14,16,20H,8H2,1-3H3/t11-,14-,16-/m0/s1. The van der Waals surface area contributed by atoms with Crippen LogP contribution in [0.1, 0.15) is 29.6 Å². The number of aromatic nitrogens is 1. The van der Waals surface area contributed by atoms with Crippen LogP contribution < -0.4 is 0 Å². The number of rotatable bonds is 2. The van der Waals surface area contributed by atoms with Crippen LogP contribution in [0.5, 0.6) is 0 Å². The largest absolute Gasteiger partial charge is 0.468 e. The molecular formula is C19H20N2O4. The molecule has 6 nitrogen and oxygen atoms in total. The molecule has 2 bridgehead atoms. The van der Waals surface area contributed by atoms with E-state index < -0.39 is 11.9 Å². The second kappa shape index (κ2) is 5.65. The van der Waals surface area contributed by atoms with E-state index in [0.717, 1.165) is 22.2 Å². The van der Waals surface area contributed by atoms with Crippen molar-refractivity contribution in [3.8, 4) is 0 Å². The third-order valence-corrected chi connectivity index (χ3v) is 5.41. The van der Waals surface area contributed by atoms with E-state index in [1.165, 1.54) is 14.2 Å². The molecule has 130 valence electrons. The summed E-state index contributed by atoms with van der Waals surface area (Å²) in [6, 6.07) is 8.12. The Labute approximate surface area is 145 Å². The van der Waals surface area contributed by atoms with E-state index in [1.54, 1.807) is 0 Å². The molecule has 0 saturated carbocycles. The van der Waals surface area contributed by atoms with E-state index in [0.29, 0.717) is 12.0 Å². The second-order valence-electron chi connectivity index (χ2n) is 6.60. The molecule has 2 heterocycles. The molecule has 0 spiro atoms. The summed E-state index contributed by atoms with van der Waals surface area (Å²) in [5, 5.41) is 1.11. The predicted octanol–water partition coefficient (Wildman–Crippen LogP) is 2.49. The Kier molecular flexibility index (Phi) is 3.56. The average molecular weight is 340 g/mol. The van der Waals surface area contributed by atoms with E-state index in [1.807, 2.05) is 36.3 Å². The summed E-state index contributed by atoms with van der Waals surface area (Å²) in [6.45, 7) is 0. The highest BCUT2D eigenvalue weighted by molar-refractivity contribution is 5.94. The lowest BCUT2D eigenvalue weighted by atomic mass is 9.70. The van der Waals surface area contributed by atoms with E-state index >= 15 is 0 Å². The quantitative estimate of drug-likeness (QED) is 0.851. The molecule has 25 heavy (non-hydrogen) atoms. The van der Waals surface area contributed by atoms with Crippen molar-refractivity contribution in [1.29, 1.82) is 0 Å². The maximum Gasteiger partial charge on any atom is 0.335 e. The maximum atomic E-state index is 12.6. The molecule has 1 aromatic carbocycles. The highest BCUT2D eigenvalue weighted by Gasteiger charge is 2.48. The summed E-state index contributed by atoms with van der Waals surface area (Å²) in [5.74, 6) is -1.54.